The largest absolute Gasteiger partial charge is 0.355 e. The lowest BCUT2D eigenvalue weighted by Gasteiger charge is -2.28. The second kappa shape index (κ2) is 11.0. The van der Waals surface area contributed by atoms with Gasteiger partial charge in [0.25, 0.3) is 0 Å². The van der Waals surface area contributed by atoms with E-state index in [9.17, 15) is 9.59 Å². The van der Waals surface area contributed by atoms with Gasteiger partial charge in [0.05, 0.1) is 0 Å². The van der Waals surface area contributed by atoms with Gasteiger partial charge in [-0.1, -0.05) is 41.9 Å². The molecule has 2 aromatic rings. The van der Waals surface area contributed by atoms with Gasteiger partial charge in [0.2, 0.25) is 11.8 Å². The summed E-state index contributed by atoms with van der Waals surface area (Å²) in [4.78, 5) is 27.9. The third-order valence-corrected chi connectivity index (χ3v) is 5.34. The van der Waals surface area contributed by atoms with Crippen LogP contribution in [0.15, 0.2) is 59.5 Å². The molecule has 0 fully saturated rings. The van der Waals surface area contributed by atoms with E-state index in [1.807, 2.05) is 55.5 Å². The van der Waals surface area contributed by atoms with Crippen molar-refractivity contribution in [2.75, 3.05) is 12.3 Å². The number of nitrogens with one attached hydrogen (secondary N) is 1. The highest BCUT2D eigenvalue weighted by Gasteiger charge is 2.25. The summed E-state index contributed by atoms with van der Waals surface area (Å²) >= 11 is 7.70. The van der Waals surface area contributed by atoms with Gasteiger partial charge in [-0.3, -0.25) is 9.59 Å². The summed E-state index contributed by atoms with van der Waals surface area (Å²) in [6, 6.07) is 16.8. The van der Waals surface area contributed by atoms with Crippen LogP contribution >= 0.6 is 23.4 Å². The second-order valence-corrected chi connectivity index (χ2v) is 7.74. The molecule has 0 bridgehead atoms. The summed E-state index contributed by atoms with van der Waals surface area (Å²) in [5, 5.41) is 3.41. The molecule has 0 aliphatic rings. The molecule has 0 radical (unpaired) electrons. The highest BCUT2D eigenvalue weighted by atomic mass is 35.5. The van der Waals surface area contributed by atoms with E-state index in [1.165, 1.54) is 0 Å². The Bertz CT molecular complexity index is 755. The van der Waals surface area contributed by atoms with Crippen molar-refractivity contribution in [3.05, 3.63) is 65.2 Å². The summed E-state index contributed by atoms with van der Waals surface area (Å²) < 4.78 is 0. The molecule has 0 unspecified atom stereocenters. The zero-order valence-electron chi connectivity index (χ0n) is 15.7. The van der Waals surface area contributed by atoms with Crippen molar-refractivity contribution < 1.29 is 9.59 Å². The Morgan fingerprint density at radius 3 is 2.56 bits per heavy atom. The van der Waals surface area contributed by atoms with Crippen molar-refractivity contribution >= 4 is 35.2 Å². The Morgan fingerprint density at radius 1 is 1.15 bits per heavy atom. The van der Waals surface area contributed by atoms with Crippen LogP contribution < -0.4 is 5.32 Å². The highest BCUT2D eigenvalue weighted by molar-refractivity contribution is 7.99. The molecular formula is C21H25ClN2O2S. The molecule has 6 heteroatoms. The lowest BCUT2D eigenvalue weighted by Crippen LogP contribution is -2.47. The van der Waals surface area contributed by atoms with E-state index < -0.39 is 6.04 Å². The average Bonchev–Trinajstić information content (AvgIpc) is 2.66. The molecule has 0 saturated carbocycles. The quantitative estimate of drug-likeness (QED) is 0.631. The van der Waals surface area contributed by atoms with Gasteiger partial charge in [0.15, 0.2) is 0 Å². The van der Waals surface area contributed by atoms with Crippen LogP contribution in [-0.4, -0.2) is 35.1 Å². The zero-order valence-corrected chi connectivity index (χ0v) is 17.2. The van der Waals surface area contributed by atoms with Crippen LogP contribution in [0.4, 0.5) is 0 Å². The standard InChI is InChI=1S/C21H25ClN2O2S/c1-3-23-21(26)16(2)24(15-17-8-7-9-18(22)14-17)20(25)12-13-27-19-10-5-4-6-11-19/h4-11,14,16H,3,12-13,15H2,1-2H3,(H,23,26)/t16-/m1/s1. The van der Waals surface area contributed by atoms with E-state index >= 15 is 0 Å². The Kier molecular flexibility index (Phi) is 8.69. The van der Waals surface area contributed by atoms with Gasteiger partial charge in [0, 0.05) is 35.2 Å². The molecule has 144 valence electrons. The molecule has 2 rings (SSSR count). The normalized spacial score (nSPS) is 11.7. The topological polar surface area (TPSA) is 49.4 Å². The van der Waals surface area contributed by atoms with Crippen LogP contribution in [0.5, 0.6) is 0 Å². The van der Waals surface area contributed by atoms with E-state index in [1.54, 1.807) is 29.7 Å². The van der Waals surface area contributed by atoms with Gasteiger partial charge in [0.1, 0.15) is 6.04 Å². The van der Waals surface area contributed by atoms with E-state index in [0.717, 1.165) is 10.5 Å². The van der Waals surface area contributed by atoms with Gasteiger partial charge < -0.3 is 10.2 Å². The number of rotatable bonds is 9. The molecule has 0 aromatic heterocycles. The molecule has 4 nitrogen and oxygen atoms in total. The summed E-state index contributed by atoms with van der Waals surface area (Å²) in [6.45, 7) is 4.52. The van der Waals surface area contributed by atoms with Crippen LogP contribution in [0.2, 0.25) is 5.02 Å². The number of halogens is 1. The van der Waals surface area contributed by atoms with E-state index in [-0.39, 0.29) is 11.8 Å². The van der Waals surface area contributed by atoms with Crippen molar-refractivity contribution in [3.63, 3.8) is 0 Å². The van der Waals surface area contributed by atoms with Gasteiger partial charge in [-0.15, -0.1) is 11.8 Å². The third kappa shape index (κ3) is 6.92. The molecule has 1 atom stereocenters. The SMILES string of the molecule is CCNC(=O)[C@@H](C)N(Cc1cccc(Cl)c1)C(=O)CCSc1ccccc1. The number of nitrogens with zero attached hydrogens (tertiary/aromatic N) is 1. The molecule has 0 saturated heterocycles. The van der Waals surface area contributed by atoms with Crippen molar-refractivity contribution in [2.24, 2.45) is 0 Å². The van der Waals surface area contributed by atoms with E-state index in [0.29, 0.717) is 30.3 Å². The number of thioether (sulfide) groups is 1. The zero-order chi connectivity index (χ0) is 19.6. The van der Waals surface area contributed by atoms with Crippen molar-refractivity contribution in [1.29, 1.82) is 0 Å². The Balaban J connectivity index is 2.05. The lowest BCUT2D eigenvalue weighted by molar-refractivity contribution is -0.140. The highest BCUT2D eigenvalue weighted by Crippen LogP contribution is 2.20. The van der Waals surface area contributed by atoms with Crippen molar-refractivity contribution in [3.8, 4) is 0 Å². The summed E-state index contributed by atoms with van der Waals surface area (Å²) in [6.07, 6.45) is 0.365. The first-order valence-corrected chi connectivity index (χ1v) is 10.4. The average molecular weight is 405 g/mol. The fourth-order valence-corrected chi connectivity index (χ4v) is 3.73. The van der Waals surface area contributed by atoms with Gasteiger partial charge in [-0.2, -0.15) is 0 Å². The van der Waals surface area contributed by atoms with Crippen LogP contribution in [-0.2, 0) is 16.1 Å². The monoisotopic (exact) mass is 404 g/mol. The van der Waals surface area contributed by atoms with Crippen molar-refractivity contribution in [1.82, 2.24) is 10.2 Å². The summed E-state index contributed by atoms with van der Waals surface area (Å²) in [5.74, 6) is 0.470. The molecule has 27 heavy (non-hydrogen) atoms. The van der Waals surface area contributed by atoms with Gasteiger partial charge in [-0.05, 0) is 43.7 Å². The second-order valence-electron chi connectivity index (χ2n) is 6.13. The maximum absolute atomic E-state index is 12.9. The minimum atomic E-state index is -0.543. The van der Waals surface area contributed by atoms with E-state index in [4.69, 9.17) is 11.6 Å². The number of amides is 2. The van der Waals surface area contributed by atoms with Gasteiger partial charge in [-0.25, -0.2) is 0 Å². The lowest BCUT2D eigenvalue weighted by atomic mass is 10.1. The van der Waals surface area contributed by atoms with Crippen LogP contribution in [0.3, 0.4) is 0 Å². The Morgan fingerprint density at radius 2 is 1.89 bits per heavy atom. The maximum Gasteiger partial charge on any atom is 0.242 e. The van der Waals surface area contributed by atoms with Crippen LogP contribution in [0.1, 0.15) is 25.8 Å². The molecular weight excluding hydrogens is 380 g/mol. The molecule has 2 amide bonds. The number of hydrogen-bond acceptors (Lipinski definition) is 3. The minimum absolute atomic E-state index is 0.0443. The number of likely N-dealkylation sites (N-methyl/N-ethyl adjacent to an activating group) is 1. The molecule has 2 aromatic carbocycles. The fourth-order valence-electron chi connectivity index (χ4n) is 2.65. The summed E-state index contributed by atoms with van der Waals surface area (Å²) in [7, 11) is 0. The number of benzene rings is 2. The number of hydrogen-bond donors (Lipinski definition) is 1. The van der Waals surface area contributed by atoms with Crippen LogP contribution in [0, 0.1) is 0 Å². The smallest absolute Gasteiger partial charge is 0.242 e. The summed E-state index contributed by atoms with van der Waals surface area (Å²) in [5.41, 5.74) is 0.905. The van der Waals surface area contributed by atoms with Crippen LogP contribution in [0.25, 0.3) is 0 Å². The molecule has 0 spiro atoms. The fraction of sp³-hybridized carbons (Fsp3) is 0.333. The predicted octanol–water partition coefficient (Wildman–Crippen LogP) is 4.38. The number of carbonyl (C=O) groups excluding carboxylic acids is 2. The molecule has 0 heterocycles. The molecule has 1 N–H and O–H groups in total. The maximum atomic E-state index is 12.9. The Labute approximate surface area is 170 Å². The van der Waals surface area contributed by atoms with Crippen molar-refractivity contribution in [2.45, 2.75) is 37.8 Å². The molecule has 0 aliphatic carbocycles. The third-order valence-electron chi connectivity index (χ3n) is 4.09. The first-order chi connectivity index (χ1) is 13.0. The first kappa shape index (κ1) is 21.3. The van der Waals surface area contributed by atoms with Gasteiger partial charge >= 0.3 is 0 Å². The minimum Gasteiger partial charge on any atom is -0.355 e. The predicted molar refractivity (Wildman–Crippen MR) is 112 cm³/mol. The molecule has 0 aliphatic heterocycles. The Hall–Kier alpha value is -1.98. The number of carbonyl (C=O) groups is 2. The van der Waals surface area contributed by atoms with E-state index in [2.05, 4.69) is 5.32 Å². The first-order valence-electron chi connectivity index (χ1n) is 9.00.